The molecule has 0 atom stereocenters. The minimum atomic E-state index is -1.06. The molecule has 4 N–H and O–H groups in total. The van der Waals surface area contributed by atoms with Crippen LogP contribution in [0.4, 0.5) is 5.82 Å². The number of aromatic carboxylic acids is 1. The highest BCUT2D eigenvalue weighted by Crippen LogP contribution is 2.18. The van der Waals surface area contributed by atoms with Crippen molar-refractivity contribution in [3.8, 4) is 5.75 Å². The molecule has 2 rings (SSSR count). The summed E-state index contributed by atoms with van der Waals surface area (Å²) in [6.07, 6.45) is 1.21. The molecule has 0 radical (unpaired) electrons. The first-order valence-corrected chi connectivity index (χ1v) is 5.80. The molecule has 1 aromatic heterocycles. The molecule has 0 fully saturated rings. The molecule has 0 aliphatic heterocycles. The van der Waals surface area contributed by atoms with Crippen LogP contribution < -0.4 is 10.5 Å². The molecule has 1 aromatic carbocycles. The number of rotatable bonds is 5. The van der Waals surface area contributed by atoms with Gasteiger partial charge in [-0.25, -0.2) is 4.79 Å². The second kappa shape index (κ2) is 5.43. The first-order valence-electron chi connectivity index (χ1n) is 5.80. The zero-order chi connectivity index (χ0) is 13.8. The van der Waals surface area contributed by atoms with Crippen LogP contribution in [0.3, 0.4) is 0 Å². The third-order valence-corrected chi connectivity index (χ3v) is 2.88. The first-order chi connectivity index (χ1) is 9.11. The molecule has 0 saturated heterocycles. The molecule has 0 saturated carbocycles. The third kappa shape index (κ3) is 2.85. The average molecular weight is 261 g/mol. The number of nitrogens with two attached hydrogens (primary N) is 1. The van der Waals surface area contributed by atoms with E-state index in [0.717, 1.165) is 11.3 Å². The Morgan fingerprint density at radius 3 is 2.95 bits per heavy atom. The summed E-state index contributed by atoms with van der Waals surface area (Å²) in [4.78, 5) is 11.1. The van der Waals surface area contributed by atoms with Crippen molar-refractivity contribution in [1.82, 2.24) is 10.2 Å². The Morgan fingerprint density at radius 1 is 1.47 bits per heavy atom. The number of methoxy groups -OCH3 is 1. The Morgan fingerprint density at radius 2 is 2.26 bits per heavy atom. The van der Waals surface area contributed by atoms with Gasteiger partial charge < -0.3 is 15.6 Å². The molecule has 19 heavy (non-hydrogen) atoms. The molecule has 6 nitrogen and oxygen atoms in total. The van der Waals surface area contributed by atoms with Gasteiger partial charge >= 0.3 is 5.97 Å². The highest BCUT2D eigenvalue weighted by molar-refractivity contribution is 5.93. The van der Waals surface area contributed by atoms with Crippen LogP contribution in [-0.2, 0) is 12.8 Å². The van der Waals surface area contributed by atoms with Crippen molar-refractivity contribution in [2.75, 3.05) is 12.8 Å². The van der Waals surface area contributed by atoms with Crippen molar-refractivity contribution in [3.63, 3.8) is 0 Å². The molecular weight excluding hydrogens is 246 g/mol. The topological polar surface area (TPSA) is 101 Å². The van der Waals surface area contributed by atoms with Crippen molar-refractivity contribution in [2.45, 2.75) is 12.8 Å². The number of carbonyl (C=O) groups is 1. The minimum absolute atomic E-state index is 0.0214. The molecule has 0 spiro atoms. The lowest BCUT2D eigenvalue weighted by molar-refractivity contribution is 0.0697. The molecule has 2 aromatic rings. The second-order valence-electron chi connectivity index (χ2n) is 4.12. The number of carboxylic acids is 1. The van der Waals surface area contributed by atoms with E-state index in [1.807, 2.05) is 24.3 Å². The van der Waals surface area contributed by atoms with Gasteiger partial charge in [0.25, 0.3) is 0 Å². The summed E-state index contributed by atoms with van der Waals surface area (Å²) in [5.41, 5.74) is 7.17. The SMILES string of the molecule is COc1cccc(CCc2[nH]nc(N)c2C(=O)O)c1. The molecule has 0 bridgehead atoms. The van der Waals surface area contributed by atoms with E-state index in [1.54, 1.807) is 7.11 Å². The summed E-state index contributed by atoms with van der Waals surface area (Å²) in [6, 6.07) is 7.64. The van der Waals surface area contributed by atoms with E-state index in [9.17, 15) is 4.79 Å². The van der Waals surface area contributed by atoms with Crippen LogP contribution in [0.25, 0.3) is 0 Å². The van der Waals surface area contributed by atoms with Crippen LogP contribution in [-0.4, -0.2) is 28.4 Å². The smallest absolute Gasteiger partial charge is 0.341 e. The molecule has 0 aliphatic rings. The number of H-pyrrole nitrogens is 1. The largest absolute Gasteiger partial charge is 0.497 e. The first kappa shape index (κ1) is 12.9. The number of carboxylic acid groups (broad SMARTS) is 1. The average Bonchev–Trinajstić information content (AvgIpc) is 2.78. The van der Waals surface area contributed by atoms with E-state index in [0.29, 0.717) is 18.5 Å². The fraction of sp³-hybridized carbons (Fsp3) is 0.231. The highest BCUT2D eigenvalue weighted by atomic mass is 16.5. The Labute approximate surface area is 110 Å². The van der Waals surface area contributed by atoms with Gasteiger partial charge in [0, 0.05) is 0 Å². The lowest BCUT2D eigenvalue weighted by Gasteiger charge is -2.04. The number of hydrogen-bond acceptors (Lipinski definition) is 4. The molecule has 0 unspecified atom stereocenters. The summed E-state index contributed by atoms with van der Waals surface area (Å²) in [6.45, 7) is 0. The van der Waals surface area contributed by atoms with Gasteiger partial charge in [0.2, 0.25) is 0 Å². The Hall–Kier alpha value is -2.50. The lowest BCUT2D eigenvalue weighted by atomic mass is 10.1. The van der Waals surface area contributed by atoms with E-state index in [2.05, 4.69) is 10.2 Å². The van der Waals surface area contributed by atoms with Crippen LogP contribution >= 0.6 is 0 Å². The lowest BCUT2D eigenvalue weighted by Crippen LogP contribution is -2.04. The monoisotopic (exact) mass is 261 g/mol. The quantitative estimate of drug-likeness (QED) is 0.756. The van der Waals surface area contributed by atoms with Crippen molar-refractivity contribution >= 4 is 11.8 Å². The van der Waals surface area contributed by atoms with Crippen LogP contribution in [0.5, 0.6) is 5.75 Å². The maximum atomic E-state index is 11.1. The summed E-state index contributed by atoms with van der Waals surface area (Å²) in [5, 5.41) is 15.5. The number of aromatic nitrogens is 2. The van der Waals surface area contributed by atoms with Gasteiger partial charge in [-0.15, -0.1) is 0 Å². The summed E-state index contributed by atoms with van der Waals surface area (Å²) >= 11 is 0. The minimum Gasteiger partial charge on any atom is -0.497 e. The van der Waals surface area contributed by atoms with Crippen LogP contribution in [0, 0.1) is 0 Å². The van der Waals surface area contributed by atoms with Crippen molar-refractivity contribution in [2.24, 2.45) is 0 Å². The van der Waals surface area contributed by atoms with Gasteiger partial charge in [0.1, 0.15) is 11.3 Å². The number of nitrogens with zero attached hydrogens (tertiary/aromatic N) is 1. The molecule has 1 heterocycles. The summed E-state index contributed by atoms with van der Waals surface area (Å²) in [5.74, 6) is -0.264. The predicted octanol–water partition coefficient (Wildman–Crippen LogP) is 1.48. The maximum Gasteiger partial charge on any atom is 0.341 e. The Kier molecular flexibility index (Phi) is 3.70. The van der Waals surface area contributed by atoms with Crippen molar-refractivity contribution < 1.29 is 14.6 Å². The van der Waals surface area contributed by atoms with Gasteiger partial charge in [-0.3, -0.25) is 5.10 Å². The number of ether oxygens (including phenoxy) is 1. The van der Waals surface area contributed by atoms with Gasteiger partial charge in [-0.2, -0.15) is 5.10 Å². The van der Waals surface area contributed by atoms with Crippen LogP contribution in [0.15, 0.2) is 24.3 Å². The molecule has 0 amide bonds. The summed E-state index contributed by atoms with van der Waals surface area (Å²) in [7, 11) is 1.61. The van der Waals surface area contributed by atoms with Crippen LogP contribution in [0.2, 0.25) is 0 Å². The standard InChI is InChI=1S/C13H15N3O3/c1-19-9-4-2-3-8(7-9)5-6-10-11(13(17)18)12(14)16-15-10/h2-4,7H,5-6H2,1H3,(H,17,18)(H3,14,15,16). The van der Waals surface area contributed by atoms with E-state index >= 15 is 0 Å². The number of hydrogen-bond donors (Lipinski definition) is 3. The van der Waals surface area contributed by atoms with E-state index in [1.165, 1.54) is 0 Å². The fourth-order valence-electron chi connectivity index (χ4n) is 1.91. The van der Waals surface area contributed by atoms with Gasteiger partial charge in [-0.1, -0.05) is 12.1 Å². The Balaban J connectivity index is 2.12. The fourth-order valence-corrected chi connectivity index (χ4v) is 1.91. The number of aryl methyl sites for hydroxylation is 2. The highest BCUT2D eigenvalue weighted by Gasteiger charge is 2.17. The number of benzene rings is 1. The Bertz CT molecular complexity index is 593. The number of anilines is 1. The van der Waals surface area contributed by atoms with Gasteiger partial charge in [0.15, 0.2) is 5.82 Å². The number of aromatic amines is 1. The number of nitrogens with one attached hydrogen (secondary N) is 1. The van der Waals surface area contributed by atoms with Crippen LogP contribution in [0.1, 0.15) is 21.6 Å². The zero-order valence-corrected chi connectivity index (χ0v) is 10.5. The predicted molar refractivity (Wildman–Crippen MR) is 70.4 cm³/mol. The van der Waals surface area contributed by atoms with E-state index < -0.39 is 5.97 Å². The van der Waals surface area contributed by atoms with Gasteiger partial charge in [0.05, 0.1) is 12.8 Å². The normalized spacial score (nSPS) is 10.4. The molecule has 0 aliphatic carbocycles. The van der Waals surface area contributed by atoms with E-state index in [4.69, 9.17) is 15.6 Å². The summed E-state index contributed by atoms with van der Waals surface area (Å²) < 4.78 is 5.14. The van der Waals surface area contributed by atoms with Crippen molar-refractivity contribution in [1.29, 1.82) is 0 Å². The van der Waals surface area contributed by atoms with Gasteiger partial charge in [-0.05, 0) is 30.5 Å². The van der Waals surface area contributed by atoms with E-state index in [-0.39, 0.29) is 11.4 Å². The molecule has 6 heteroatoms. The molecule has 100 valence electrons. The second-order valence-corrected chi connectivity index (χ2v) is 4.12. The maximum absolute atomic E-state index is 11.1. The molecular formula is C13H15N3O3. The third-order valence-electron chi connectivity index (χ3n) is 2.88. The zero-order valence-electron chi connectivity index (χ0n) is 10.5. The van der Waals surface area contributed by atoms with Crippen molar-refractivity contribution in [3.05, 3.63) is 41.1 Å². The number of nitrogen functional groups attached to an aromatic ring is 1.